The maximum absolute atomic E-state index is 6.04. The predicted octanol–water partition coefficient (Wildman–Crippen LogP) is 4.25. The molecule has 25 heavy (non-hydrogen) atoms. The van der Waals surface area contributed by atoms with Crippen molar-refractivity contribution in [3.05, 3.63) is 41.7 Å². The minimum absolute atomic E-state index is 0.548. The van der Waals surface area contributed by atoms with Gasteiger partial charge in [0.25, 0.3) is 0 Å². The smallest absolute Gasteiger partial charge is 0.239 e. The number of hydrogen-bond acceptors (Lipinski definition) is 7. The molecule has 128 valence electrons. The largest absolute Gasteiger partial charge is 0.440 e. The number of fused-ring (bicyclic) bond motifs is 1. The number of aryl methyl sites for hydroxylation is 2. The van der Waals surface area contributed by atoms with E-state index in [2.05, 4.69) is 15.1 Å². The highest BCUT2D eigenvalue weighted by molar-refractivity contribution is 7.18. The first kappa shape index (κ1) is 16.0. The van der Waals surface area contributed by atoms with E-state index in [-0.39, 0.29) is 0 Å². The molecule has 0 spiro atoms. The summed E-state index contributed by atoms with van der Waals surface area (Å²) in [6.07, 6.45) is 6.31. The summed E-state index contributed by atoms with van der Waals surface area (Å²) < 4.78 is 6.04. The molecular weight excluding hydrogens is 336 g/mol. The molecule has 0 aliphatic heterocycles. The van der Waals surface area contributed by atoms with Crippen molar-refractivity contribution >= 4 is 17.0 Å². The monoisotopic (exact) mass is 354 g/mol. The van der Waals surface area contributed by atoms with Gasteiger partial charge in [0.05, 0.1) is 5.69 Å². The Hall–Kier alpha value is -2.54. The van der Waals surface area contributed by atoms with Gasteiger partial charge >= 0.3 is 0 Å². The molecule has 3 heterocycles. The fraction of sp³-hybridized carbons (Fsp3) is 0.333. The first-order valence-electron chi connectivity index (χ1n) is 8.33. The predicted molar refractivity (Wildman–Crippen MR) is 96.7 cm³/mol. The second-order valence-corrected chi connectivity index (χ2v) is 6.77. The summed E-state index contributed by atoms with van der Waals surface area (Å²) in [5.41, 5.74) is 3.60. The molecule has 0 atom stereocenters. The van der Waals surface area contributed by atoms with E-state index in [4.69, 9.17) is 14.2 Å². The van der Waals surface area contributed by atoms with Crippen molar-refractivity contribution in [1.82, 2.24) is 15.0 Å². The van der Waals surface area contributed by atoms with Gasteiger partial charge in [-0.2, -0.15) is 0 Å². The number of aromatic nitrogens is 3. The van der Waals surface area contributed by atoms with Gasteiger partial charge in [-0.15, -0.1) is 11.3 Å². The molecule has 0 saturated carbocycles. The average Bonchev–Trinajstić information content (AvgIpc) is 3.24. The normalized spacial score (nSPS) is 15.4. The molecule has 0 radical (unpaired) electrons. The third-order valence-electron chi connectivity index (χ3n) is 3.99. The fourth-order valence-corrected chi connectivity index (χ4v) is 3.80. The van der Waals surface area contributed by atoms with E-state index in [0.717, 1.165) is 57.6 Å². The highest BCUT2D eigenvalue weighted by atomic mass is 32.1. The summed E-state index contributed by atoms with van der Waals surface area (Å²) in [5, 5.41) is 5.12. The molecule has 0 aromatic carbocycles. The van der Waals surface area contributed by atoms with Crippen molar-refractivity contribution in [2.75, 3.05) is 6.61 Å². The van der Waals surface area contributed by atoms with Crippen molar-refractivity contribution in [2.24, 2.45) is 5.16 Å². The Balaban J connectivity index is 1.72. The van der Waals surface area contributed by atoms with Crippen LogP contribution in [0.2, 0.25) is 0 Å². The van der Waals surface area contributed by atoms with Crippen molar-refractivity contribution in [1.29, 1.82) is 0 Å². The molecule has 1 aliphatic carbocycles. The maximum Gasteiger partial charge on any atom is 0.239 e. The Kier molecular flexibility index (Phi) is 4.31. The number of oxazole rings is 1. The summed E-state index contributed by atoms with van der Waals surface area (Å²) in [4.78, 5) is 19.7. The van der Waals surface area contributed by atoms with Gasteiger partial charge in [-0.05, 0) is 38.8 Å². The maximum atomic E-state index is 6.04. The van der Waals surface area contributed by atoms with Crippen LogP contribution in [0.5, 0.6) is 0 Å². The highest BCUT2D eigenvalue weighted by Crippen LogP contribution is 2.36. The van der Waals surface area contributed by atoms with Gasteiger partial charge < -0.3 is 9.25 Å². The molecule has 3 aromatic heterocycles. The first-order chi connectivity index (χ1) is 12.3. The van der Waals surface area contributed by atoms with Gasteiger partial charge in [0, 0.05) is 24.4 Å². The van der Waals surface area contributed by atoms with Gasteiger partial charge in [-0.3, -0.25) is 4.98 Å². The summed E-state index contributed by atoms with van der Waals surface area (Å²) in [7, 11) is 0. The van der Waals surface area contributed by atoms with E-state index < -0.39 is 0 Å². The summed E-state index contributed by atoms with van der Waals surface area (Å²) in [6.45, 7) is 4.44. The Morgan fingerprint density at radius 3 is 3.04 bits per heavy atom. The second-order valence-electron chi connectivity index (χ2n) is 5.78. The lowest BCUT2D eigenvalue weighted by Gasteiger charge is -2.09. The standard InChI is InChI=1S/C18H18N4O2S/c1-3-23-22-13-7-4-8-14-15(13)21-17(24-14)16-11(2)20-18(25-16)12-6-5-9-19-10-12/h5-6,9-10H,3-4,7-8H2,1-2H3/b22-13+. The molecule has 4 rings (SSSR count). The zero-order valence-electron chi connectivity index (χ0n) is 14.2. The van der Waals surface area contributed by atoms with Crippen LogP contribution >= 0.6 is 11.3 Å². The van der Waals surface area contributed by atoms with E-state index in [1.165, 1.54) is 0 Å². The van der Waals surface area contributed by atoms with Crippen molar-refractivity contribution in [3.63, 3.8) is 0 Å². The van der Waals surface area contributed by atoms with Crippen LogP contribution in [0.25, 0.3) is 21.3 Å². The Bertz CT molecular complexity index is 915. The van der Waals surface area contributed by atoms with Crippen LogP contribution in [0.1, 0.15) is 36.9 Å². The van der Waals surface area contributed by atoms with Crippen LogP contribution in [0, 0.1) is 6.92 Å². The number of pyridine rings is 1. The van der Waals surface area contributed by atoms with Gasteiger partial charge in [0.15, 0.2) is 0 Å². The zero-order valence-corrected chi connectivity index (χ0v) is 15.0. The van der Waals surface area contributed by atoms with Crippen LogP contribution in [-0.4, -0.2) is 27.3 Å². The first-order valence-corrected chi connectivity index (χ1v) is 9.15. The molecule has 0 bridgehead atoms. The highest BCUT2D eigenvalue weighted by Gasteiger charge is 2.25. The third-order valence-corrected chi connectivity index (χ3v) is 5.19. The quantitative estimate of drug-likeness (QED) is 0.655. The van der Waals surface area contributed by atoms with Crippen molar-refractivity contribution in [3.8, 4) is 21.3 Å². The minimum Gasteiger partial charge on any atom is -0.440 e. The summed E-state index contributed by atoms with van der Waals surface area (Å²) >= 11 is 1.57. The Morgan fingerprint density at radius 2 is 2.24 bits per heavy atom. The van der Waals surface area contributed by atoms with Crippen LogP contribution in [0.15, 0.2) is 34.1 Å². The van der Waals surface area contributed by atoms with Crippen molar-refractivity contribution < 1.29 is 9.25 Å². The molecule has 0 N–H and O–H groups in total. The van der Waals surface area contributed by atoms with Crippen LogP contribution in [-0.2, 0) is 11.3 Å². The lowest BCUT2D eigenvalue weighted by molar-refractivity contribution is 0.158. The molecule has 0 saturated heterocycles. The SMILES string of the molecule is CCO/N=C1\CCCc2oc(-c3sc(-c4cccnc4)nc3C)nc21. The van der Waals surface area contributed by atoms with Crippen LogP contribution in [0.4, 0.5) is 0 Å². The van der Waals surface area contributed by atoms with E-state index in [1.54, 1.807) is 17.5 Å². The molecule has 7 heteroatoms. The number of nitrogens with zero attached hydrogens (tertiary/aromatic N) is 4. The molecule has 6 nitrogen and oxygen atoms in total. The Labute approximate surface area is 149 Å². The van der Waals surface area contributed by atoms with Gasteiger partial charge in [0.1, 0.15) is 33.7 Å². The molecule has 3 aromatic rings. The number of oxime groups is 1. The number of thiazole rings is 1. The zero-order chi connectivity index (χ0) is 17.2. The van der Waals surface area contributed by atoms with Crippen LogP contribution < -0.4 is 0 Å². The molecule has 0 unspecified atom stereocenters. The van der Waals surface area contributed by atoms with Crippen LogP contribution in [0.3, 0.4) is 0 Å². The van der Waals surface area contributed by atoms with E-state index >= 15 is 0 Å². The Morgan fingerprint density at radius 1 is 1.32 bits per heavy atom. The van der Waals surface area contributed by atoms with Gasteiger partial charge in [-0.25, -0.2) is 9.97 Å². The summed E-state index contributed by atoms with van der Waals surface area (Å²) in [5.74, 6) is 1.50. The molecule has 0 amide bonds. The van der Waals surface area contributed by atoms with Gasteiger partial charge in [0.2, 0.25) is 5.89 Å². The van der Waals surface area contributed by atoms with E-state index in [0.29, 0.717) is 12.5 Å². The number of rotatable bonds is 4. The minimum atomic E-state index is 0.548. The summed E-state index contributed by atoms with van der Waals surface area (Å²) in [6, 6.07) is 3.91. The lowest BCUT2D eigenvalue weighted by atomic mass is 10.0. The van der Waals surface area contributed by atoms with E-state index in [1.807, 2.05) is 32.2 Å². The average molecular weight is 354 g/mol. The fourth-order valence-electron chi connectivity index (χ4n) is 2.82. The van der Waals surface area contributed by atoms with Crippen molar-refractivity contribution in [2.45, 2.75) is 33.1 Å². The molecular formula is C18H18N4O2S. The molecule has 0 fully saturated rings. The third kappa shape index (κ3) is 3.07. The van der Waals surface area contributed by atoms with E-state index in [9.17, 15) is 0 Å². The topological polar surface area (TPSA) is 73.4 Å². The molecule has 1 aliphatic rings. The second kappa shape index (κ2) is 6.76. The van der Waals surface area contributed by atoms with Gasteiger partial charge in [-0.1, -0.05) is 5.16 Å². The number of hydrogen-bond donors (Lipinski definition) is 0. The lowest BCUT2D eigenvalue weighted by Crippen LogP contribution is -2.11.